The number of aliphatic hydroxyl groups is 1. The molecule has 0 unspecified atom stereocenters. The highest BCUT2D eigenvalue weighted by molar-refractivity contribution is 5.43. The van der Waals surface area contributed by atoms with E-state index in [0.717, 1.165) is 5.75 Å². The number of rotatable bonds is 30. The summed E-state index contributed by atoms with van der Waals surface area (Å²) >= 11 is 0. The van der Waals surface area contributed by atoms with Crippen LogP contribution in [0.15, 0.2) is 18.2 Å². The van der Waals surface area contributed by atoms with Gasteiger partial charge in [0.2, 0.25) is 0 Å². The Morgan fingerprint density at radius 2 is 0.733 bits per heavy atom. The molecule has 0 amide bonds. The average molecular weight is 647 g/mol. The Kier molecular flexibility index (Phi) is 24.7. The second-order valence-electron chi connectivity index (χ2n) is 12.3. The van der Waals surface area contributed by atoms with Gasteiger partial charge in [-0.2, -0.15) is 0 Å². The minimum Gasteiger partial charge on any atom is -0.491 e. The molecule has 0 fully saturated rings. The van der Waals surface area contributed by atoms with Gasteiger partial charge < -0.3 is 52.5 Å². The maximum Gasteiger partial charge on any atom is 0.123 e. The van der Waals surface area contributed by atoms with Crippen LogP contribution in [0.3, 0.4) is 0 Å². The highest BCUT2D eigenvalue weighted by Gasteiger charge is 2.23. The van der Waals surface area contributed by atoms with Crippen LogP contribution in [0.4, 0.5) is 0 Å². The highest BCUT2D eigenvalue weighted by atomic mass is 16.6. The zero-order valence-corrected chi connectivity index (χ0v) is 28.9. The summed E-state index contributed by atoms with van der Waals surface area (Å²) in [5.74, 6) is 0.921. The summed E-state index contributed by atoms with van der Waals surface area (Å²) in [5, 5.41) is 8.59. The van der Waals surface area contributed by atoms with E-state index in [-0.39, 0.29) is 17.4 Å². The SMILES string of the molecule is CC(C)(C)c1ccc(OCCOCCOCCOCCOCCOCCOCCOCCOCCOCCO)c(C(C)(C)C)c1. The quantitative estimate of drug-likeness (QED) is 0.123. The molecule has 0 heterocycles. The predicted molar refractivity (Wildman–Crippen MR) is 174 cm³/mol. The Balaban J connectivity index is 1.83. The summed E-state index contributed by atoms with van der Waals surface area (Å²) in [4.78, 5) is 0. The number of hydrogen-bond acceptors (Lipinski definition) is 11. The fourth-order valence-corrected chi connectivity index (χ4v) is 3.84. The lowest BCUT2D eigenvalue weighted by atomic mass is 9.80. The van der Waals surface area contributed by atoms with Crippen LogP contribution in [0.2, 0.25) is 0 Å². The van der Waals surface area contributed by atoms with E-state index in [1.54, 1.807) is 0 Å². The number of hydrogen-bond donors (Lipinski definition) is 1. The van der Waals surface area contributed by atoms with Crippen LogP contribution >= 0.6 is 0 Å². The van der Waals surface area contributed by atoms with E-state index in [1.807, 2.05) is 0 Å². The smallest absolute Gasteiger partial charge is 0.123 e. The molecule has 45 heavy (non-hydrogen) atoms. The normalized spacial score (nSPS) is 12.2. The van der Waals surface area contributed by atoms with Crippen molar-refractivity contribution in [3.63, 3.8) is 0 Å². The van der Waals surface area contributed by atoms with Crippen molar-refractivity contribution in [3.8, 4) is 5.75 Å². The Bertz CT molecular complexity index is 808. The number of benzene rings is 1. The average Bonchev–Trinajstić information content (AvgIpc) is 2.99. The fraction of sp³-hybridized carbons (Fsp3) is 0.824. The van der Waals surface area contributed by atoms with Crippen molar-refractivity contribution < 1.29 is 52.5 Å². The maximum absolute atomic E-state index is 8.59. The van der Waals surface area contributed by atoms with Gasteiger partial charge in [-0.1, -0.05) is 53.7 Å². The van der Waals surface area contributed by atoms with Crippen molar-refractivity contribution in [2.24, 2.45) is 0 Å². The lowest BCUT2D eigenvalue weighted by Crippen LogP contribution is -2.19. The summed E-state index contributed by atoms with van der Waals surface area (Å²) in [5.41, 5.74) is 2.62. The molecular formula is C34H62O11. The first-order valence-electron chi connectivity index (χ1n) is 16.2. The molecule has 1 aromatic carbocycles. The van der Waals surface area contributed by atoms with Crippen molar-refractivity contribution in [2.75, 3.05) is 132 Å². The van der Waals surface area contributed by atoms with Crippen LogP contribution in [0.5, 0.6) is 5.75 Å². The Hall–Kier alpha value is -1.38. The first-order valence-corrected chi connectivity index (χ1v) is 16.2. The molecule has 0 radical (unpaired) electrons. The van der Waals surface area contributed by atoms with Crippen molar-refractivity contribution in [1.29, 1.82) is 0 Å². The van der Waals surface area contributed by atoms with Crippen molar-refractivity contribution in [2.45, 2.75) is 52.4 Å². The molecule has 1 aromatic rings. The zero-order chi connectivity index (χ0) is 33.1. The van der Waals surface area contributed by atoms with Gasteiger partial charge in [0, 0.05) is 0 Å². The predicted octanol–water partition coefficient (Wildman–Crippen LogP) is 3.80. The standard InChI is InChI=1S/C34H62O11/c1-33(2,3)30-7-8-32(31(29-30)34(4,5)6)45-28-27-44-26-25-43-24-23-42-22-21-41-20-19-40-18-17-39-16-15-38-14-13-37-12-11-36-10-9-35/h7-8,29,35H,9-28H2,1-6H3. The second kappa shape index (κ2) is 26.7. The maximum atomic E-state index is 8.59. The summed E-state index contributed by atoms with van der Waals surface area (Å²) in [6.45, 7) is 22.8. The molecule has 0 aliphatic rings. The van der Waals surface area contributed by atoms with Gasteiger partial charge in [0.1, 0.15) is 12.4 Å². The number of aliphatic hydroxyl groups excluding tert-OH is 1. The van der Waals surface area contributed by atoms with Crippen LogP contribution in [-0.4, -0.2) is 137 Å². The molecule has 11 heteroatoms. The van der Waals surface area contributed by atoms with E-state index < -0.39 is 0 Å². The molecule has 11 nitrogen and oxygen atoms in total. The molecule has 1 N–H and O–H groups in total. The molecule has 0 saturated carbocycles. The van der Waals surface area contributed by atoms with Gasteiger partial charge in [0.05, 0.1) is 126 Å². The molecule has 0 atom stereocenters. The molecule has 0 aliphatic heterocycles. The Morgan fingerprint density at radius 3 is 1.02 bits per heavy atom. The minimum atomic E-state index is -0.00228. The molecule has 264 valence electrons. The van der Waals surface area contributed by atoms with Gasteiger partial charge in [-0.05, 0) is 28.0 Å². The van der Waals surface area contributed by atoms with Gasteiger partial charge in [-0.15, -0.1) is 0 Å². The van der Waals surface area contributed by atoms with E-state index >= 15 is 0 Å². The van der Waals surface area contributed by atoms with Crippen LogP contribution in [-0.2, 0) is 53.5 Å². The summed E-state index contributed by atoms with van der Waals surface area (Å²) < 4.78 is 55.1. The first-order chi connectivity index (χ1) is 21.7. The van der Waals surface area contributed by atoms with Gasteiger partial charge in [-0.3, -0.25) is 0 Å². The fourth-order valence-electron chi connectivity index (χ4n) is 3.84. The van der Waals surface area contributed by atoms with Gasteiger partial charge >= 0.3 is 0 Å². The molecule has 0 saturated heterocycles. The van der Waals surface area contributed by atoms with Crippen molar-refractivity contribution in [1.82, 2.24) is 0 Å². The van der Waals surface area contributed by atoms with Crippen LogP contribution in [0.1, 0.15) is 52.7 Å². The van der Waals surface area contributed by atoms with E-state index in [2.05, 4.69) is 59.7 Å². The Morgan fingerprint density at radius 1 is 0.422 bits per heavy atom. The van der Waals surface area contributed by atoms with E-state index in [9.17, 15) is 0 Å². The minimum absolute atomic E-state index is 0.00228. The first kappa shape index (κ1) is 41.6. The van der Waals surface area contributed by atoms with Crippen LogP contribution in [0.25, 0.3) is 0 Å². The molecule has 0 aromatic heterocycles. The second-order valence-corrected chi connectivity index (χ2v) is 12.3. The molecule has 1 rings (SSSR count). The molecule has 0 spiro atoms. The van der Waals surface area contributed by atoms with Crippen molar-refractivity contribution in [3.05, 3.63) is 29.3 Å². The van der Waals surface area contributed by atoms with Gasteiger partial charge in [0.15, 0.2) is 0 Å². The van der Waals surface area contributed by atoms with Crippen LogP contribution < -0.4 is 4.74 Å². The molecule has 0 aliphatic carbocycles. The largest absolute Gasteiger partial charge is 0.491 e. The lowest BCUT2D eigenvalue weighted by Gasteiger charge is -2.27. The van der Waals surface area contributed by atoms with E-state index in [0.29, 0.717) is 126 Å². The zero-order valence-electron chi connectivity index (χ0n) is 28.9. The van der Waals surface area contributed by atoms with Gasteiger partial charge in [-0.25, -0.2) is 0 Å². The summed E-state index contributed by atoms with van der Waals surface area (Å²) in [6, 6.07) is 6.51. The molecule has 0 bridgehead atoms. The number of ether oxygens (including phenoxy) is 10. The lowest BCUT2D eigenvalue weighted by molar-refractivity contribution is -0.0258. The Labute approximate surface area is 272 Å². The van der Waals surface area contributed by atoms with Gasteiger partial charge in [0.25, 0.3) is 0 Å². The third kappa shape index (κ3) is 23.6. The summed E-state index contributed by atoms with van der Waals surface area (Å²) in [6.07, 6.45) is 0. The van der Waals surface area contributed by atoms with Crippen molar-refractivity contribution >= 4 is 0 Å². The van der Waals surface area contributed by atoms with E-state index in [4.69, 9.17) is 52.5 Å². The third-order valence-electron chi connectivity index (χ3n) is 6.35. The topological polar surface area (TPSA) is 113 Å². The third-order valence-corrected chi connectivity index (χ3v) is 6.35. The van der Waals surface area contributed by atoms with Crippen LogP contribution in [0, 0.1) is 0 Å². The van der Waals surface area contributed by atoms with E-state index in [1.165, 1.54) is 11.1 Å². The molecular weight excluding hydrogens is 584 g/mol. The monoisotopic (exact) mass is 646 g/mol. The highest BCUT2D eigenvalue weighted by Crippen LogP contribution is 2.35. The summed E-state index contributed by atoms with van der Waals surface area (Å²) in [7, 11) is 0.